The predicted octanol–water partition coefficient (Wildman–Crippen LogP) is 2.58. The average molecular weight is 284 g/mol. The highest BCUT2D eigenvalue weighted by Gasteiger charge is 2.27. The molecule has 0 aliphatic rings. The second-order valence-electron chi connectivity index (χ2n) is 3.08. The van der Waals surface area contributed by atoms with Crippen LogP contribution in [0.15, 0.2) is 12.3 Å². The van der Waals surface area contributed by atoms with Crippen molar-refractivity contribution in [2.24, 2.45) is 0 Å². The first-order valence-electron chi connectivity index (χ1n) is 4.63. The van der Waals surface area contributed by atoms with E-state index < -0.39 is 22.9 Å². The van der Waals surface area contributed by atoms with Gasteiger partial charge in [0.1, 0.15) is 17.2 Å². The van der Waals surface area contributed by atoms with Gasteiger partial charge in [-0.2, -0.15) is 13.2 Å². The Balaban J connectivity index is 2.59. The van der Waals surface area contributed by atoms with Crippen molar-refractivity contribution < 1.29 is 27.5 Å². The fourth-order valence-corrected chi connectivity index (χ4v) is 1.51. The number of pyridine rings is 1. The van der Waals surface area contributed by atoms with Crippen molar-refractivity contribution >= 4 is 23.5 Å². The molecule has 0 aromatic carbocycles. The number of aromatic nitrogens is 1. The lowest BCUT2D eigenvalue weighted by molar-refractivity contribution is -0.0327. The van der Waals surface area contributed by atoms with Crippen molar-refractivity contribution in [1.29, 1.82) is 0 Å². The number of hydrogen-bond donors (Lipinski definition) is 2. The molecule has 0 bridgehead atoms. The van der Waals surface area contributed by atoms with Crippen LogP contribution >= 0.6 is 11.8 Å². The van der Waals surface area contributed by atoms with Crippen LogP contribution in [0.5, 0.6) is 0 Å². The zero-order valence-electron chi connectivity index (χ0n) is 8.79. The fourth-order valence-electron chi connectivity index (χ4n) is 1.08. The molecule has 18 heavy (non-hydrogen) atoms. The van der Waals surface area contributed by atoms with Crippen LogP contribution in [0, 0.1) is 5.82 Å². The Kier molecular flexibility index (Phi) is 4.76. The number of carboxylic acid groups (broad SMARTS) is 1. The first-order chi connectivity index (χ1) is 8.29. The van der Waals surface area contributed by atoms with Crippen molar-refractivity contribution in [1.82, 2.24) is 4.98 Å². The minimum Gasteiger partial charge on any atom is -0.478 e. The van der Waals surface area contributed by atoms with Crippen molar-refractivity contribution in [2.45, 2.75) is 5.51 Å². The predicted molar refractivity (Wildman–Crippen MR) is 58.2 cm³/mol. The number of carboxylic acids is 1. The Bertz CT molecular complexity index is 439. The van der Waals surface area contributed by atoms with Gasteiger partial charge >= 0.3 is 11.5 Å². The number of anilines is 1. The zero-order valence-corrected chi connectivity index (χ0v) is 9.61. The van der Waals surface area contributed by atoms with E-state index in [0.717, 1.165) is 12.3 Å². The van der Waals surface area contributed by atoms with E-state index in [1.807, 2.05) is 0 Å². The molecular weight excluding hydrogens is 276 g/mol. The maximum absolute atomic E-state index is 12.7. The van der Waals surface area contributed by atoms with Crippen LogP contribution in [0.1, 0.15) is 10.4 Å². The summed E-state index contributed by atoms with van der Waals surface area (Å²) in [5.74, 6) is -2.70. The molecule has 0 atom stereocenters. The molecule has 1 aromatic heterocycles. The van der Waals surface area contributed by atoms with Gasteiger partial charge in [0.05, 0.1) is 6.20 Å². The third kappa shape index (κ3) is 4.78. The maximum atomic E-state index is 12.7. The van der Waals surface area contributed by atoms with E-state index in [4.69, 9.17) is 5.11 Å². The molecule has 100 valence electrons. The molecule has 0 radical (unpaired) electrons. The van der Waals surface area contributed by atoms with Gasteiger partial charge in [-0.05, 0) is 17.8 Å². The molecule has 0 spiro atoms. The normalized spacial score (nSPS) is 11.3. The summed E-state index contributed by atoms with van der Waals surface area (Å²) < 4.78 is 48.2. The highest BCUT2D eigenvalue weighted by atomic mass is 32.2. The summed E-state index contributed by atoms with van der Waals surface area (Å²) >= 11 is -0.242. The Morgan fingerprint density at radius 1 is 1.50 bits per heavy atom. The summed E-state index contributed by atoms with van der Waals surface area (Å²) in [6.07, 6.45) is 0.783. The Labute approximate surface area is 103 Å². The first-order valence-corrected chi connectivity index (χ1v) is 5.61. The van der Waals surface area contributed by atoms with Gasteiger partial charge < -0.3 is 10.4 Å². The van der Waals surface area contributed by atoms with Crippen LogP contribution in [-0.2, 0) is 0 Å². The minimum atomic E-state index is -4.34. The summed E-state index contributed by atoms with van der Waals surface area (Å²) in [5, 5.41) is 11.2. The number of nitrogens with zero attached hydrogens (tertiary/aromatic N) is 1. The number of halogens is 4. The summed E-state index contributed by atoms with van der Waals surface area (Å²) in [4.78, 5) is 14.2. The smallest absolute Gasteiger partial charge is 0.441 e. The molecule has 1 aromatic rings. The van der Waals surface area contributed by atoms with Crippen molar-refractivity contribution in [3.05, 3.63) is 23.6 Å². The topological polar surface area (TPSA) is 62.2 Å². The molecule has 0 saturated carbocycles. The largest absolute Gasteiger partial charge is 0.478 e. The standard InChI is InChI=1S/C9H8F4N2O2S/c10-5-3-6(8(16)17)7(15-4-5)14-1-2-18-9(11,12)13/h3-4H,1-2H2,(H,14,15)(H,16,17). The number of hydrogen-bond acceptors (Lipinski definition) is 4. The molecule has 1 heterocycles. The van der Waals surface area contributed by atoms with E-state index in [2.05, 4.69) is 10.3 Å². The summed E-state index contributed by atoms with van der Waals surface area (Å²) in [6, 6.07) is 0.745. The molecule has 4 nitrogen and oxygen atoms in total. The van der Waals surface area contributed by atoms with Crippen molar-refractivity contribution in [3.8, 4) is 0 Å². The van der Waals surface area contributed by atoms with Gasteiger partial charge in [0.2, 0.25) is 0 Å². The van der Waals surface area contributed by atoms with E-state index in [9.17, 15) is 22.4 Å². The Hall–Kier alpha value is -1.51. The number of thioether (sulfide) groups is 1. The van der Waals surface area contributed by atoms with Crippen LogP contribution in [0.2, 0.25) is 0 Å². The molecular formula is C9H8F4N2O2S. The number of nitrogens with one attached hydrogen (secondary N) is 1. The summed E-state index contributed by atoms with van der Waals surface area (Å²) in [5.41, 5.74) is -4.76. The summed E-state index contributed by atoms with van der Waals surface area (Å²) in [6.45, 7) is -0.136. The van der Waals surface area contributed by atoms with Crippen molar-refractivity contribution in [3.63, 3.8) is 0 Å². The molecule has 0 amide bonds. The van der Waals surface area contributed by atoms with E-state index in [-0.39, 0.29) is 29.9 Å². The van der Waals surface area contributed by atoms with E-state index in [1.54, 1.807) is 0 Å². The number of alkyl halides is 3. The molecule has 1 rings (SSSR count). The Morgan fingerprint density at radius 2 is 2.17 bits per heavy atom. The van der Waals surface area contributed by atoms with E-state index >= 15 is 0 Å². The molecule has 0 aliphatic carbocycles. The van der Waals surface area contributed by atoms with Gasteiger partial charge in [0.25, 0.3) is 0 Å². The van der Waals surface area contributed by atoms with Crippen LogP contribution in [0.3, 0.4) is 0 Å². The lowest BCUT2D eigenvalue weighted by Gasteiger charge is -2.09. The molecule has 0 unspecified atom stereocenters. The maximum Gasteiger partial charge on any atom is 0.441 e. The molecule has 0 saturated heterocycles. The number of carbonyl (C=O) groups is 1. The van der Waals surface area contributed by atoms with Gasteiger partial charge in [-0.25, -0.2) is 14.2 Å². The van der Waals surface area contributed by atoms with Gasteiger partial charge in [-0.3, -0.25) is 0 Å². The van der Waals surface area contributed by atoms with Crippen molar-refractivity contribution in [2.75, 3.05) is 17.6 Å². The molecule has 2 N–H and O–H groups in total. The van der Waals surface area contributed by atoms with Crippen LogP contribution < -0.4 is 5.32 Å². The van der Waals surface area contributed by atoms with Crippen LogP contribution in [-0.4, -0.2) is 33.9 Å². The van der Waals surface area contributed by atoms with E-state index in [1.165, 1.54) is 0 Å². The highest BCUT2D eigenvalue weighted by Crippen LogP contribution is 2.29. The lowest BCUT2D eigenvalue weighted by Crippen LogP contribution is -2.13. The van der Waals surface area contributed by atoms with Gasteiger partial charge in [0, 0.05) is 12.3 Å². The molecule has 0 aliphatic heterocycles. The molecule has 9 heteroatoms. The second-order valence-corrected chi connectivity index (χ2v) is 4.24. The van der Waals surface area contributed by atoms with Gasteiger partial charge in [0.15, 0.2) is 0 Å². The monoisotopic (exact) mass is 284 g/mol. The minimum absolute atomic E-state index is 0.136. The number of aromatic carboxylic acids is 1. The Morgan fingerprint density at radius 3 is 2.72 bits per heavy atom. The molecule has 0 fully saturated rings. The van der Waals surface area contributed by atoms with Crippen LogP contribution in [0.4, 0.5) is 23.4 Å². The van der Waals surface area contributed by atoms with Gasteiger partial charge in [-0.15, -0.1) is 0 Å². The third-order valence-corrected chi connectivity index (χ3v) is 2.48. The highest BCUT2D eigenvalue weighted by molar-refractivity contribution is 8.00. The quantitative estimate of drug-likeness (QED) is 0.643. The first kappa shape index (κ1) is 14.6. The number of rotatable bonds is 5. The lowest BCUT2D eigenvalue weighted by atomic mass is 10.2. The van der Waals surface area contributed by atoms with Crippen LogP contribution in [0.25, 0.3) is 0 Å². The SMILES string of the molecule is O=C(O)c1cc(F)cnc1NCCSC(F)(F)F. The fraction of sp³-hybridized carbons (Fsp3) is 0.333. The average Bonchev–Trinajstić information content (AvgIpc) is 2.24. The second kappa shape index (κ2) is 5.89. The third-order valence-electron chi connectivity index (χ3n) is 1.74. The zero-order chi connectivity index (χ0) is 13.8. The summed E-state index contributed by atoms with van der Waals surface area (Å²) in [7, 11) is 0. The van der Waals surface area contributed by atoms with Gasteiger partial charge in [-0.1, -0.05) is 0 Å². The van der Waals surface area contributed by atoms with E-state index in [0.29, 0.717) is 0 Å².